The highest BCUT2D eigenvalue weighted by molar-refractivity contribution is 6.12. The van der Waals surface area contributed by atoms with Gasteiger partial charge >= 0.3 is 0 Å². The van der Waals surface area contributed by atoms with Crippen LogP contribution in [0, 0.1) is 0 Å². The SMILES string of the molecule is CCc1cccc(-c2cccc3c2oc2cccnc23)c1.CCc1cccc(-c2cccc3c2oc2ccncc23)c1.CCc1cccc(-c2cccc3c2oc2cnccc23)c1.CCc1cccc(-c2ccnc3c2oc2ccccc23)c1.CCc1cccc(-c2cncc3c2oc2ccccc23)c1. The van der Waals surface area contributed by atoms with E-state index >= 15 is 0 Å². The van der Waals surface area contributed by atoms with E-state index in [0.717, 1.165) is 175 Å². The summed E-state index contributed by atoms with van der Waals surface area (Å²) in [5, 5.41) is 8.79. The summed E-state index contributed by atoms with van der Waals surface area (Å²) in [4.78, 5) is 21.7. The maximum atomic E-state index is 6.07. The summed E-state index contributed by atoms with van der Waals surface area (Å²) in [5.74, 6) is 0. The molecular weight excluding hydrogens is 1290 g/mol. The van der Waals surface area contributed by atoms with E-state index < -0.39 is 0 Å². The minimum Gasteiger partial charge on any atom is -0.455 e. The number of aromatic nitrogens is 5. The van der Waals surface area contributed by atoms with Crippen LogP contribution in [0.1, 0.15) is 62.4 Å². The van der Waals surface area contributed by atoms with Gasteiger partial charge in [0.15, 0.2) is 16.7 Å². The molecule has 0 N–H and O–H groups in total. The first-order valence-electron chi connectivity index (χ1n) is 36.1. The lowest BCUT2D eigenvalue weighted by atomic mass is 10.00. The normalized spacial score (nSPS) is 11.3. The second-order valence-corrected chi connectivity index (χ2v) is 26.0. The van der Waals surface area contributed by atoms with Crippen LogP contribution in [0.4, 0.5) is 0 Å². The van der Waals surface area contributed by atoms with E-state index in [0.29, 0.717) is 0 Å². The molecule has 0 radical (unpaired) electrons. The maximum Gasteiger partial charge on any atom is 0.161 e. The molecule has 0 aliphatic rings. The fourth-order valence-corrected chi connectivity index (χ4v) is 14.1. The van der Waals surface area contributed by atoms with Crippen molar-refractivity contribution in [2.45, 2.75) is 66.7 Å². The molecular formula is C95H75N5O5. The molecule has 0 saturated carbocycles. The maximum absolute atomic E-state index is 6.07. The molecule has 10 heteroatoms. The van der Waals surface area contributed by atoms with Crippen LogP contribution in [-0.4, -0.2) is 24.9 Å². The van der Waals surface area contributed by atoms with E-state index in [1.54, 1.807) is 12.4 Å². The van der Waals surface area contributed by atoms with Crippen molar-refractivity contribution in [3.63, 3.8) is 0 Å². The van der Waals surface area contributed by atoms with Gasteiger partial charge in [0.2, 0.25) is 0 Å². The summed E-state index contributed by atoms with van der Waals surface area (Å²) < 4.78 is 30.3. The van der Waals surface area contributed by atoms with Gasteiger partial charge in [0, 0.05) is 114 Å². The first-order valence-corrected chi connectivity index (χ1v) is 36.1. The minimum absolute atomic E-state index is 0.839. The molecule has 0 saturated heterocycles. The topological polar surface area (TPSA) is 130 Å². The number of para-hydroxylation sites is 5. The molecule has 10 nitrogen and oxygen atoms in total. The second kappa shape index (κ2) is 29.9. The Morgan fingerprint density at radius 1 is 0.219 bits per heavy atom. The lowest BCUT2D eigenvalue weighted by molar-refractivity contribution is 0.667. The molecule has 510 valence electrons. The van der Waals surface area contributed by atoms with Gasteiger partial charge in [0.1, 0.15) is 50.1 Å². The van der Waals surface area contributed by atoms with Crippen molar-refractivity contribution in [2.75, 3.05) is 0 Å². The van der Waals surface area contributed by atoms with Crippen LogP contribution >= 0.6 is 0 Å². The van der Waals surface area contributed by atoms with Crippen LogP contribution in [0.25, 0.3) is 166 Å². The molecule has 0 aliphatic carbocycles. The Kier molecular flexibility index (Phi) is 18.9. The standard InChI is InChI=1S/5C19H15NO/c1-2-13-6-3-7-14(12-13)15-8-4-9-16-18-17(21-19(15)16)10-5-11-20-18;1-2-13-5-3-6-14(11-13)15-7-4-8-17-16-9-10-20-12-18(16)21-19(15)17;1-2-13-5-3-6-14(11-13)15-7-4-8-16-17-12-20-10-9-18(17)21-19(15)16;1-2-13-6-5-7-14(10-13)16-11-20-12-17-15-8-3-4-9-18(15)21-19(16)17;1-2-13-6-5-7-14(12-13)15-10-11-20-18-16-8-3-4-9-17(16)21-19(15)18/h5*3-12H,2H2,1H3. The summed E-state index contributed by atoms with van der Waals surface area (Å²) in [6.07, 6.45) is 19.8. The summed E-state index contributed by atoms with van der Waals surface area (Å²) in [5.41, 5.74) is 29.0. The monoisotopic (exact) mass is 1370 g/mol. The minimum atomic E-state index is 0.839. The summed E-state index contributed by atoms with van der Waals surface area (Å²) in [6, 6.07) is 87.9. The van der Waals surface area contributed by atoms with E-state index in [1.807, 2.05) is 104 Å². The first-order chi connectivity index (χ1) is 51.8. The largest absolute Gasteiger partial charge is 0.455 e. The van der Waals surface area contributed by atoms with Crippen LogP contribution in [0.2, 0.25) is 0 Å². The fourth-order valence-electron chi connectivity index (χ4n) is 14.1. The van der Waals surface area contributed by atoms with Crippen molar-refractivity contribution in [1.29, 1.82) is 0 Å². The van der Waals surface area contributed by atoms with Crippen LogP contribution in [0.3, 0.4) is 0 Å². The number of benzene rings is 10. The van der Waals surface area contributed by atoms with Crippen molar-refractivity contribution in [1.82, 2.24) is 24.9 Å². The highest BCUT2D eigenvalue weighted by Gasteiger charge is 2.18. The summed E-state index contributed by atoms with van der Waals surface area (Å²) >= 11 is 0. The Bertz CT molecular complexity index is 5600. The van der Waals surface area contributed by atoms with Crippen LogP contribution in [0.15, 0.2) is 326 Å². The highest BCUT2D eigenvalue weighted by Crippen LogP contribution is 2.41. The molecule has 0 aliphatic heterocycles. The predicted molar refractivity (Wildman–Crippen MR) is 432 cm³/mol. The summed E-state index contributed by atoms with van der Waals surface area (Å²) in [6.45, 7) is 10.9. The molecule has 0 fully saturated rings. The van der Waals surface area contributed by atoms with E-state index in [-0.39, 0.29) is 0 Å². The van der Waals surface area contributed by atoms with Gasteiger partial charge in [-0.25, -0.2) is 0 Å². The Morgan fingerprint density at radius 3 is 1.17 bits per heavy atom. The number of fused-ring (bicyclic) bond motifs is 15. The summed E-state index contributed by atoms with van der Waals surface area (Å²) in [7, 11) is 0. The zero-order valence-electron chi connectivity index (χ0n) is 59.2. The van der Waals surface area contributed by atoms with Gasteiger partial charge in [-0.15, -0.1) is 0 Å². The van der Waals surface area contributed by atoms with E-state index in [1.165, 1.54) is 50.1 Å². The smallest absolute Gasteiger partial charge is 0.161 e. The Labute approximate surface area is 608 Å². The number of hydrogen-bond acceptors (Lipinski definition) is 10. The molecule has 0 bridgehead atoms. The second-order valence-electron chi connectivity index (χ2n) is 26.0. The van der Waals surface area contributed by atoms with Gasteiger partial charge in [0.25, 0.3) is 0 Å². The number of hydrogen-bond donors (Lipinski definition) is 0. The molecule has 20 rings (SSSR count). The van der Waals surface area contributed by atoms with Crippen molar-refractivity contribution >= 4 is 110 Å². The van der Waals surface area contributed by atoms with Gasteiger partial charge < -0.3 is 22.1 Å². The number of rotatable bonds is 10. The van der Waals surface area contributed by atoms with Gasteiger partial charge in [-0.1, -0.05) is 235 Å². The predicted octanol–water partition coefficient (Wildman–Crippen LogP) is 26.1. The van der Waals surface area contributed by atoms with Crippen LogP contribution in [0.5, 0.6) is 0 Å². The van der Waals surface area contributed by atoms with Gasteiger partial charge in [-0.2, -0.15) is 0 Å². The van der Waals surface area contributed by atoms with Crippen molar-refractivity contribution < 1.29 is 22.1 Å². The lowest BCUT2D eigenvalue weighted by Crippen LogP contribution is -1.84. The van der Waals surface area contributed by atoms with E-state index in [4.69, 9.17) is 22.1 Å². The average molecular weight is 1370 g/mol. The third-order valence-electron chi connectivity index (χ3n) is 19.6. The fraction of sp³-hybridized carbons (Fsp3) is 0.105. The molecule has 0 amide bonds. The molecule has 0 unspecified atom stereocenters. The van der Waals surface area contributed by atoms with Crippen molar-refractivity contribution in [3.8, 4) is 55.6 Å². The number of aryl methyl sites for hydroxylation is 5. The van der Waals surface area contributed by atoms with E-state index in [2.05, 4.69) is 248 Å². The van der Waals surface area contributed by atoms with E-state index in [9.17, 15) is 0 Å². The van der Waals surface area contributed by atoms with Crippen LogP contribution < -0.4 is 0 Å². The number of nitrogens with zero attached hydrogens (tertiary/aromatic N) is 5. The Morgan fingerprint density at radius 2 is 0.600 bits per heavy atom. The highest BCUT2D eigenvalue weighted by atomic mass is 16.3. The Balaban J connectivity index is 0.000000101. The third kappa shape index (κ3) is 13.4. The zero-order valence-corrected chi connectivity index (χ0v) is 59.2. The average Bonchev–Trinajstić information content (AvgIpc) is 1.68. The first kappa shape index (κ1) is 66.5. The quantitative estimate of drug-likeness (QED) is 0.130. The Hall–Kier alpha value is -13.1. The molecule has 10 aromatic heterocycles. The molecule has 0 spiro atoms. The van der Waals surface area contributed by atoms with Crippen molar-refractivity contribution in [3.05, 3.63) is 332 Å². The number of furan rings is 5. The lowest BCUT2D eigenvalue weighted by Gasteiger charge is -2.04. The van der Waals surface area contributed by atoms with Gasteiger partial charge in [0.05, 0.1) is 6.20 Å². The molecule has 20 aromatic rings. The van der Waals surface area contributed by atoms with Crippen LogP contribution in [-0.2, 0) is 32.1 Å². The molecule has 10 heterocycles. The van der Waals surface area contributed by atoms with Gasteiger partial charge in [-0.05, 0) is 142 Å². The van der Waals surface area contributed by atoms with Gasteiger partial charge in [-0.3, -0.25) is 24.9 Å². The molecule has 105 heavy (non-hydrogen) atoms. The third-order valence-corrected chi connectivity index (χ3v) is 19.6. The van der Waals surface area contributed by atoms with Crippen molar-refractivity contribution in [2.24, 2.45) is 0 Å². The zero-order chi connectivity index (χ0) is 71.2. The molecule has 10 aromatic carbocycles. The molecule has 0 atom stereocenters. The number of pyridine rings is 5.